The Bertz CT molecular complexity index is 735. The van der Waals surface area contributed by atoms with Crippen molar-refractivity contribution >= 4 is 11.6 Å². The number of rotatable bonds is 5. The highest BCUT2D eigenvalue weighted by atomic mass is 35.5. The molecule has 1 aromatic carbocycles. The number of halogens is 1. The third-order valence-electron chi connectivity index (χ3n) is 3.92. The van der Waals surface area contributed by atoms with E-state index in [0.29, 0.717) is 30.5 Å². The zero-order valence-electron chi connectivity index (χ0n) is 12.7. The first-order valence-corrected chi connectivity index (χ1v) is 7.75. The maximum atomic E-state index is 11.9. The van der Waals surface area contributed by atoms with Crippen molar-refractivity contribution in [2.75, 3.05) is 20.3 Å². The Morgan fingerprint density at radius 2 is 2.26 bits per heavy atom. The second-order valence-electron chi connectivity index (χ2n) is 5.33. The van der Waals surface area contributed by atoms with Crippen LogP contribution in [-0.4, -0.2) is 36.1 Å². The molecule has 23 heavy (non-hydrogen) atoms. The highest BCUT2D eigenvalue weighted by Crippen LogP contribution is 2.28. The van der Waals surface area contributed by atoms with Crippen LogP contribution in [-0.2, 0) is 11.3 Å². The van der Waals surface area contributed by atoms with Crippen molar-refractivity contribution < 1.29 is 9.47 Å². The number of hydrogen-bond acceptors (Lipinski definition) is 5. The second-order valence-corrected chi connectivity index (χ2v) is 5.71. The van der Waals surface area contributed by atoms with E-state index in [0.717, 1.165) is 5.56 Å². The lowest BCUT2D eigenvalue weighted by molar-refractivity contribution is 0.180. The predicted octanol–water partition coefficient (Wildman–Crippen LogP) is 1.63. The van der Waals surface area contributed by atoms with Gasteiger partial charge in [-0.25, -0.2) is 4.68 Å². The van der Waals surface area contributed by atoms with Gasteiger partial charge in [0.1, 0.15) is 5.75 Å². The molecule has 2 aromatic rings. The maximum Gasteiger partial charge on any atom is 0.267 e. The van der Waals surface area contributed by atoms with Gasteiger partial charge < -0.3 is 14.8 Å². The summed E-state index contributed by atoms with van der Waals surface area (Å²) in [6.45, 7) is 1.54. The minimum atomic E-state index is -0.131. The molecule has 0 bridgehead atoms. The van der Waals surface area contributed by atoms with Crippen molar-refractivity contribution in [2.45, 2.75) is 18.6 Å². The van der Waals surface area contributed by atoms with Crippen LogP contribution in [0.2, 0.25) is 5.02 Å². The molecule has 1 aliphatic heterocycles. The van der Waals surface area contributed by atoms with Gasteiger partial charge in [-0.3, -0.25) is 4.79 Å². The summed E-state index contributed by atoms with van der Waals surface area (Å²) < 4.78 is 12.2. The fraction of sp³-hybridized carbons (Fsp3) is 0.375. The van der Waals surface area contributed by atoms with E-state index in [1.165, 1.54) is 10.7 Å². The Balaban J connectivity index is 1.73. The fourth-order valence-corrected chi connectivity index (χ4v) is 2.96. The van der Waals surface area contributed by atoms with Crippen molar-refractivity contribution in [1.29, 1.82) is 0 Å². The van der Waals surface area contributed by atoms with Crippen LogP contribution in [0, 0.1) is 0 Å². The molecule has 1 fully saturated rings. The summed E-state index contributed by atoms with van der Waals surface area (Å²) in [5, 5.41) is 8.14. The summed E-state index contributed by atoms with van der Waals surface area (Å²) in [6.07, 6.45) is 1.61. The van der Waals surface area contributed by atoms with Crippen molar-refractivity contribution in [3.8, 4) is 5.75 Å². The smallest absolute Gasteiger partial charge is 0.267 e. The van der Waals surface area contributed by atoms with Gasteiger partial charge in [0.2, 0.25) is 0 Å². The number of benzene rings is 1. The zero-order valence-corrected chi connectivity index (χ0v) is 13.5. The molecule has 1 aromatic heterocycles. The number of hydrogen-bond donors (Lipinski definition) is 1. The van der Waals surface area contributed by atoms with E-state index in [2.05, 4.69) is 10.4 Å². The first-order chi connectivity index (χ1) is 11.2. The average Bonchev–Trinajstić information content (AvgIpc) is 3.02. The van der Waals surface area contributed by atoms with Crippen LogP contribution in [0.25, 0.3) is 0 Å². The van der Waals surface area contributed by atoms with Crippen molar-refractivity contribution in [1.82, 2.24) is 15.1 Å². The molecule has 0 saturated carbocycles. The molecule has 3 rings (SSSR count). The van der Waals surface area contributed by atoms with Crippen LogP contribution in [0.1, 0.15) is 11.6 Å². The van der Waals surface area contributed by atoms with Crippen LogP contribution < -0.4 is 15.6 Å². The second kappa shape index (κ2) is 7.12. The van der Waals surface area contributed by atoms with E-state index in [-0.39, 0.29) is 17.6 Å². The first-order valence-electron chi connectivity index (χ1n) is 7.37. The van der Waals surface area contributed by atoms with Crippen molar-refractivity contribution in [3.05, 3.63) is 57.5 Å². The number of nitrogens with zero attached hydrogens (tertiary/aromatic N) is 2. The highest BCUT2D eigenvalue weighted by molar-refractivity contribution is 6.32. The Labute approximate surface area is 139 Å². The molecule has 0 radical (unpaired) electrons. The monoisotopic (exact) mass is 335 g/mol. The molecule has 1 aliphatic rings. The molecule has 0 spiro atoms. The number of aromatic nitrogens is 2. The van der Waals surface area contributed by atoms with E-state index in [1.54, 1.807) is 19.4 Å². The number of methoxy groups -OCH3 is 1. The Morgan fingerprint density at radius 3 is 3.04 bits per heavy atom. The molecule has 6 nitrogen and oxygen atoms in total. The van der Waals surface area contributed by atoms with Crippen LogP contribution >= 0.6 is 11.6 Å². The van der Waals surface area contributed by atoms with Crippen LogP contribution in [0.15, 0.2) is 41.3 Å². The minimum Gasteiger partial charge on any atom is -0.495 e. The maximum absolute atomic E-state index is 11.9. The first kappa shape index (κ1) is 16.0. The van der Waals surface area contributed by atoms with Crippen molar-refractivity contribution in [2.24, 2.45) is 0 Å². The average molecular weight is 336 g/mol. The number of nitrogens with one attached hydrogen (secondary N) is 1. The lowest BCUT2D eigenvalue weighted by atomic mass is 10.1. The van der Waals surface area contributed by atoms with Crippen molar-refractivity contribution in [3.63, 3.8) is 0 Å². The van der Waals surface area contributed by atoms with Crippen LogP contribution in [0.5, 0.6) is 5.75 Å². The third kappa shape index (κ3) is 3.39. The van der Waals surface area contributed by atoms with Gasteiger partial charge in [-0.2, -0.15) is 5.10 Å². The number of ether oxygens (including phenoxy) is 2. The Morgan fingerprint density at radius 1 is 1.39 bits per heavy atom. The third-order valence-corrected chi connectivity index (χ3v) is 4.35. The lowest BCUT2D eigenvalue weighted by Crippen LogP contribution is -2.40. The molecule has 7 heteroatoms. The molecule has 1 saturated heterocycles. The Hall–Kier alpha value is -1.89. The molecule has 122 valence electrons. The zero-order chi connectivity index (χ0) is 16.2. The van der Waals surface area contributed by atoms with E-state index in [9.17, 15) is 4.79 Å². The summed E-state index contributed by atoms with van der Waals surface area (Å²) in [7, 11) is 1.59. The molecule has 2 heterocycles. The quantitative estimate of drug-likeness (QED) is 0.899. The standard InChI is InChI=1S/C16H18ClN3O3/c1-22-14-5-2-4-11(16(14)17)8-18-12-9-23-10-13(12)20-15(21)6-3-7-19-20/h2-7,12-13,18H,8-10H2,1H3. The minimum absolute atomic E-state index is 0.00938. The van der Waals surface area contributed by atoms with E-state index in [4.69, 9.17) is 21.1 Å². The van der Waals surface area contributed by atoms with E-state index < -0.39 is 0 Å². The van der Waals surface area contributed by atoms with Gasteiger partial charge in [0.25, 0.3) is 5.56 Å². The molecule has 2 unspecified atom stereocenters. The largest absolute Gasteiger partial charge is 0.495 e. The van der Waals surface area contributed by atoms with Gasteiger partial charge in [0.15, 0.2) is 0 Å². The lowest BCUT2D eigenvalue weighted by Gasteiger charge is -2.20. The SMILES string of the molecule is COc1cccc(CNC2COCC2n2ncccc2=O)c1Cl. The molecule has 0 aliphatic carbocycles. The summed E-state index contributed by atoms with van der Waals surface area (Å²) in [5.74, 6) is 0.645. The van der Waals surface area contributed by atoms with Gasteiger partial charge in [0, 0.05) is 18.8 Å². The van der Waals surface area contributed by atoms with E-state index >= 15 is 0 Å². The highest BCUT2D eigenvalue weighted by Gasteiger charge is 2.30. The summed E-state index contributed by atoms with van der Waals surface area (Å²) in [5.41, 5.74) is 0.805. The Kier molecular flexibility index (Phi) is 4.95. The summed E-state index contributed by atoms with van der Waals surface area (Å²) in [4.78, 5) is 11.9. The molecular weight excluding hydrogens is 318 g/mol. The molecule has 2 atom stereocenters. The van der Waals surface area contributed by atoms with Crippen LogP contribution in [0.3, 0.4) is 0 Å². The molecular formula is C16H18ClN3O3. The van der Waals surface area contributed by atoms with Gasteiger partial charge in [-0.15, -0.1) is 0 Å². The van der Waals surface area contributed by atoms with Gasteiger partial charge >= 0.3 is 0 Å². The molecule has 1 N–H and O–H groups in total. The van der Waals surface area contributed by atoms with E-state index in [1.807, 2.05) is 18.2 Å². The van der Waals surface area contributed by atoms with Gasteiger partial charge in [-0.05, 0) is 17.7 Å². The molecule has 0 amide bonds. The summed E-state index contributed by atoms with van der Waals surface area (Å²) in [6, 6.07) is 8.65. The fourth-order valence-electron chi connectivity index (χ4n) is 2.69. The predicted molar refractivity (Wildman–Crippen MR) is 87.0 cm³/mol. The van der Waals surface area contributed by atoms with Gasteiger partial charge in [-0.1, -0.05) is 23.7 Å². The van der Waals surface area contributed by atoms with Gasteiger partial charge in [0.05, 0.1) is 37.4 Å². The normalized spacial score (nSPS) is 20.6. The van der Waals surface area contributed by atoms with Crippen LogP contribution in [0.4, 0.5) is 0 Å². The summed E-state index contributed by atoms with van der Waals surface area (Å²) >= 11 is 6.31. The topological polar surface area (TPSA) is 65.4 Å².